The standard InChI is InChI=1S/C34H50N12O26P4/c1-13(2)65-23-16(67-31(22(23)50)44-6-5-17(47)40-34(44)52)9-63-73(53,54)69-24-15(68-32(25(24)61-4)45-11-39-18-26(35)37-10-38-27(18)45)7-62-70-75(57,58)72-76(59,60)71-74(55,56)64-8-14-20(48)21(49)30(66-14)46-12-43(3)19-28(46)41-33(36)42-29(19)51/h5-6,10-11,13-16,20-25,30-32,48-50H,7-9,12H2,1-4H3,(H,53,54)(H,55,56)(H,57,58)(H,59,60)(H2,35,37,38)(H,40,47,52)(H3,36,41,42,51)/t14-,15-,16-,20+,21?,22+,23?,24?,25+,30-,31-,32-/m1/s1. The number of aromatic nitrogens is 8. The minimum absolute atomic E-state index is 0.0327. The average molecular weight is 1170 g/mol. The summed E-state index contributed by atoms with van der Waals surface area (Å²) >= 11 is 0. The highest BCUT2D eigenvalue weighted by Crippen LogP contribution is 2.68. The largest absolute Gasteiger partial charge is 0.508 e. The summed E-state index contributed by atoms with van der Waals surface area (Å²) in [6.07, 6.45) is -16.2. The number of imidazole rings is 1. The molecule has 3 fully saturated rings. The molecule has 76 heavy (non-hydrogen) atoms. The summed E-state index contributed by atoms with van der Waals surface area (Å²) in [4.78, 5) is 107. The molecule has 422 valence electrons. The Bertz CT molecular complexity index is 3150. The van der Waals surface area contributed by atoms with Crippen molar-refractivity contribution in [2.45, 2.75) is 93.6 Å². The SMILES string of the molecule is CO[C@H]1C(OP(=O)(O)OC[C@H]2O[C@@H](n3ccc(=O)[nH]c3=O)[C@@H](O)C2OC(C)C)[C@@H](COOP(=O)(O)OP(=O)(O)OP(=O)(O)OC[C@H]2O[C@@H](N3CN(C)c4c3nc(N)[nH]c4=O)C(O)[C@H]2O)O[C@H]1n1cnc2c(N)ncnc21. The lowest BCUT2D eigenvalue weighted by Crippen LogP contribution is -2.45. The van der Waals surface area contributed by atoms with Gasteiger partial charge in [0, 0.05) is 26.4 Å². The van der Waals surface area contributed by atoms with Crippen molar-refractivity contribution in [2.75, 3.05) is 61.9 Å². The number of methoxy groups -OCH3 is 1. The van der Waals surface area contributed by atoms with Gasteiger partial charge in [-0.3, -0.25) is 42.3 Å². The van der Waals surface area contributed by atoms with E-state index in [-0.39, 0.29) is 41.1 Å². The van der Waals surface area contributed by atoms with E-state index < -0.39 is 148 Å². The van der Waals surface area contributed by atoms with Gasteiger partial charge in [0.15, 0.2) is 36.0 Å². The molecule has 38 nitrogen and oxygen atoms in total. The second-order valence-corrected chi connectivity index (χ2v) is 23.0. The molecular formula is C34H50N12O26P4. The number of anilines is 4. The maximum atomic E-state index is 13.8. The Labute approximate surface area is 424 Å². The number of aromatic amines is 2. The van der Waals surface area contributed by atoms with Crippen LogP contribution in [0.5, 0.6) is 0 Å². The third-order valence-electron chi connectivity index (χ3n) is 11.5. The first-order valence-corrected chi connectivity index (χ1v) is 27.9. The van der Waals surface area contributed by atoms with Gasteiger partial charge in [0.1, 0.15) is 79.1 Å². The average Bonchev–Trinajstić information content (AvgIpc) is 4.11. The van der Waals surface area contributed by atoms with Gasteiger partial charge in [-0.1, -0.05) is 0 Å². The first-order valence-electron chi connectivity index (χ1n) is 21.9. The molecule has 8 heterocycles. The van der Waals surface area contributed by atoms with Crippen LogP contribution in [0.1, 0.15) is 26.3 Å². The minimum Gasteiger partial charge on any atom is -0.387 e. The van der Waals surface area contributed by atoms with Crippen LogP contribution in [0.25, 0.3) is 11.2 Å². The summed E-state index contributed by atoms with van der Waals surface area (Å²) in [6, 6.07) is 0.986. The molecule has 0 amide bonds. The summed E-state index contributed by atoms with van der Waals surface area (Å²) in [5.41, 5.74) is 9.41. The fourth-order valence-corrected chi connectivity index (χ4v) is 12.7. The van der Waals surface area contributed by atoms with Crippen molar-refractivity contribution in [1.82, 2.24) is 39.0 Å². The summed E-state index contributed by atoms with van der Waals surface area (Å²) in [5.74, 6) is -0.403. The Morgan fingerprint density at radius 1 is 0.776 bits per heavy atom. The highest BCUT2D eigenvalue weighted by molar-refractivity contribution is 7.66. The van der Waals surface area contributed by atoms with Crippen LogP contribution in [0.2, 0.25) is 0 Å². The van der Waals surface area contributed by atoms with Gasteiger partial charge in [-0.15, -0.1) is 4.67 Å². The zero-order chi connectivity index (χ0) is 55.4. The van der Waals surface area contributed by atoms with Crippen LogP contribution in [-0.4, -0.2) is 182 Å². The summed E-state index contributed by atoms with van der Waals surface area (Å²) in [6.45, 7) is -0.0151. The molecule has 0 aromatic carbocycles. The Morgan fingerprint density at radius 2 is 1.43 bits per heavy atom. The summed E-state index contributed by atoms with van der Waals surface area (Å²) in [7, 11) is -20.8. The van der Waals surface area contributed by atoms with Crippen LogP contribution < -0.4 is 38.1 Å². The van der Waals surface area contributed by atoms with Gasteiger partial charge >= 0.3 is 37.0 Å². The van der Waals surface area contributed by atoms with Crippen molar-refractivity contribution in [2.24, 2.45) is 0 Å². The van der Waals surface area contributed by atoms with Gasteiger partial charge in [-0.05, 0) is 13.8 Å². The number of H-pyrrole nitrogens is 2. The van der Waals surface area contributed by atoms with Gasteiger partial charge in [0.05, 0.1) is 32.3 Å². The molecule has 3 saturated heterocycles. The fraction of sp³-hybridized carbons (Fsp3) is 0.618. The first kappa shape index (κ1) is 57.6. The van der Waals surface area contributed by atoms with E-state index >= 15 is 0 Å². The number of ether oxygens (including phenoxy) is 5. The maximum Gasteiger partial charge on any atom is 0.508 e. The predicted molar refractivity (Wildman–Crippen MR) is 247 cm³/mol. The summed E-state index contributed by atoms with van der Waals surface area (Å²) in [5, 5.41) is 32.6. The number of phosphoric ester groups is 2. The van der Waals surface area contributed by atoms with E-state index in [0.717, 1.165) is 30.3 Å². The van der Waals surface area contributed by atoms with E-state index in [1.165, 1.54) is 27.7 Å². The number of rotatable bonds is 22. The molecule has 7 unspecified atom stereocenters. The van der Waals surface area contributed by atoms with Crippen LogP contribution in [0.4, 0.5) is 23.3 Å². The molecule has 4 aliphatic rings. The molecule has 0 aliphatic carbocycles. The van der Waals surface area contributed by atoms with E-state index in [1.807, 2.05) is 4.98 Å². The Balaban J connectivity index is 0.912. The zero-order valence-electron chi connectivity index (χ0n) is 39.6. The van der Waals surface area contributed by atoms with Crippen molar-refractivity contribution in [3.63, 3.8) is 0 Å². The molecule has 0 spiro atoms. The van der Waals surface area contributed by atoms with Crippen LogP contribution in [0.15, 0.2) is 39.3 Å². The summed E-state index contributed by atoms with van der Waals surface area (Å²) < 4.78 is 111. The van der Waals surface area contributed by atoms with Gasteiger partial charge in [0.2, 0.25) is 5.95 Å². The smallest absolute Gasteiger partial charge is 0.387 e. The fourth-order valence-electron chi connectivity index (χ4n) is 8.40. The van der Waals surface area contributed by atoms with E-state index in [1.54, 1.807) is 13.8 Å². The third-order valence-corrected chi connectivity index (χ3v) is 16.5. The maximum absolute atomic E-state index is 13.8. The molecule has 0 radical (unpaired) electrons. The number of phosphoric acid groups is 4. The second-order valence-electron chi connectivity index (χ2n) is 17.1. The number of nitrogen functional groups attached to an aromatic ring is 2. The van der Waals surface area contributed by atoms with Gasteiger partial charge < -0.3 is 79.8 Å². The molecule has 8 rings (SSSR count). The molecule has 4 aromatic heterocycles. The predicted octanol–water partition coefficient (Wildman–Crippen LogP) is -3.25. The normalized spacial score (nSPS) is 30.9. The quantitative estimate of drug-likeness (QED) is 0.0209. The molecule has 0 saturated carbocycles. The van der Waals surface area contributed by atoms with Crippen molar-refractivity contribution < 1.29 is 109 Å². The number of nitrogens with two attached hydrogens (primary N) is 2. The van der Waals surface area contributed by atoms with Crippen LogP contribution in [0.3, 0.4) is 0 Å². The number of hydrogen-bond donors (Lipinski definition) is 11. The van der Waals surface area contributed by atoms with Crippen molar-refractivity contribution in [3.05, 3.63) is 56.1 Å². The lowest BCUT2D eigenvalue weighted by molar-refractivity contribution is -0.244. The number of aliphatic hydroxyl groups is 3. The number of hydrogen-bond acceptors (Lipinski definition) is 30. The highest BCUT2D eigenvalue weighted by Gasteiger charge is 2.54. The Kier molecular flexibility index (Phi) is 16.9. The van der Waals surface area contributed by atoms with Gasteiger partial charge in [-0.2, -0.15) is 13.6 Å². The van der Waals surface area contributed by atoms with Crippen molar-refractivity contribution in [3.8, 4) is 0 Å². The van der Waals surface area contributed by atoms with E-state index in [9.17, 15) is 67.5 Å². The monoisotopic (exact) mass is 1170 g/mol. The number of nitrogens with zero attached hydrogens (tertiary/aromatic N) is 8. The van der Waals surface area contributed by atoms with E-state index in [4.69, 9.17) is 49.1 Å². The van der Waals surface area contributed by atoms with Crippen LogP contribution in [-0.2, 0) is 73.7 Å². The molecule has 42 heteroatoms. The van der Waals surface area contributed by atoms with Crippen molar-refractivity contribution in [1.29, 1.82) is 0 Å². The minimum atomic E-state index is -6.19. The van der Waals surface area contributed by atoms with E-state index in [2.05, 4.69) is 42.7 Å². The topological polar surface area (TPSA) is 523 Å². The highest BCUT2D eigenvalue weighted by atomic mass is 31.3. The lowest BCUT2D eigenvalue weighted by atomic mass is 10.1. The number of nitrogens with one attached hydrogen (secondary N) is 2. The van der Waals surface area contributed by atoms with Crippen LogP contribution >= 0.6 is 31.3 Å². The lowest BCUT2D eigenvalue weighted by Gasteiger charge is -2.27. The van der Waals surface area contributed by atoms with Gasteiger partial charge in [-0.25, -0.2) is 42.9 Å². The molecule has 0 bridgehead atoms. The Hall–Kier alpha value is -4.53. The molecule has 4 aliphatic heterocycles. The van der Waals surface area contributed by atoms with Crippen LogP contribution in [0, 0.1) is 0 Å². The van der Waals surface area contributed by atoms with E-state index in [0.29, 0.717) is 0 Å². The van der Waals surface area contributed by atoms with Gasteiger partial charge in [0.25, 0.3) is 11.1 Å². The molecular weight excluding hydrogens is 1120 g/mol. The number of aliphatic hydroxyl groups excluding tert-OH is 3. The molecule has 4 aromatic rings. The zero-order valence-corrected chi connectivity index (χ0v) is 43.1. The molecule has 13 N–H and O–H groups in total. The Morgan fingerprint density at radius 3 is 2.13 bits per heavy atom. The first-order chi connectivity index (χ1) is 35.6. The van der Waals surface area contributed by atoms with Crippen molar-refractivity contribution >= 4 is 65.7 Å². The third kappa shape index (κ3) is 12.5. The molecule has 16 atom stereocenters. The number of fused-ring (bicyclic) bond motifs is 2. The second kappa shape index (κ2) is 22.3.